The zero-order valence-electron chi connectivity index (χ0n) is 29.9. The Morgan fingerprint density at radius 2 is 1.69 bits per heavy atom. The number of nitrogens with zero attached hydrogens (tertiary/aromatic N) is 2. The van der Waals surface area contributed by atoms with E-state index in [4.69, 9.17) is 9.47 Å². The number of carbonyl (C=O) groups excluding carboxylic acids is 2. The van der Waals surface area contributed by atoms with Crippen LogP contribution in [-0.4, -0.2) is 86.9 Å². The average Bonchev–Trinajstić information content (AvgIpc) is 3.09. The number of benzene rings is 3. The monoisotopic (exact) mass is 748 g/mol. The van der Waals surface area contributed by atoms with E-state index >= 15 is 0 Å². The van der Waals surface area contributed by atoms with Gasteiger partial charge in [-0.1, -0.05) is 24.6 Å². The maximum atomic E-state index is 14.4. The second-order valence-corrected chi connectivity index (χ2v) is 15.0. The van der Waals surface area contributed by atoms with Crippen molar-refractivity contribution in [1.29, 1.82) is 0 Å². The summed E-state index contributed by atoms with van der Waals surface area (Å²) in [6.45, 7) is 7.43. The van der Waals surface area contributed by atoms with Gasteiger partial charge in [0.1, 0.15) is 5.75 Å². The molecule has 3 amide bonds. The van der Waals surface area contributed by atoms with Crippen LogP contribution in [-0.2, 0) is 20.9 Å². The molecule has 3 N–H and O–H groups in total. The summed E-state index contributed by atoms with van der Waals surface area (Å²) in [5.74, 6) is -0.618. The molecule has 0 saturated heterocycles. The molecule has 15 heteroatoms. The third-order valence-corrected chi connectivity index (χ3v) is 10.3. The van der Waals surface area contributed by atoms with Crippen molar-refractivity contribution in [2.24, 2.45) is 5.92 Å². The normalized spacial score (nSPS) is 19.8. The summed E-state index contributed by atoms with van der Waals surface area (Å²) in [7, 11) is -2.45. The van der Waals surface area contributed by atoms with Crippen molar-refractivity contribution in [2.45, 2.75) is 76.3 Å². The van der Waals surface area contributed by atoms with Crippen LogP contribution in [0.15, 0.2) is 71.6 Å². The maximum absolute atomic E-state index is 14.4. The van der Waals surface area contributed by atoms with E-state index in [0.717, 1.165) is 24.1 Å². The fourth-order valence-electron chi connectivity index (χ4n) is 5.69. The highest BCUT2D eigenvalue weighted by atomic mass is 32.2. The number of aliphatic hydroxyl groups is 1. The molecule has 3 aromatic carbocycles. The number of aliphatic hydroxyl groups excluding tert-OH is 1. The topological polar surface area (TPSA) is 138 Å². The Balaban J connectivity index is 1.59. The number of hydrogen-bond donors (Lipinski definition) is 3. The van der Waals surface area contributed by atoms with E-state index in [1.54, 1.807) is 25.1 Å². The van der Waals surface area contributed by atoms with E-state index < -0.39 is 45.8 Å². The van der Waals surface area contributed by atoms with Crippen LogP contribution in [0.5, 0.6) is 5.75 Å². The van der Waals surface area contributed by atoms with E-state index in [9.17, 15) is 36.3 Å². The van der Waals surface area contributed by atoms with Gasteiger partial charge in [0.25, 0.3) is 15.9 Å². The Labute approximate surface area is 303 Å². The molecule has 0 aromatic heterocycles. The third-order valence-electron chi connectivity index (χ3n) is 8.90. The first-order valence-electron chi connectivity index (χ1n) is 17.1. The van der Waals surface area contributed by atoms with Crippen LogP contribution in [0.4, 0.5) is 29.3 Å². The lowest BCUT2D eigenvalue weighted by Gasteiger charge is -2.35. The van der Waals surface area contributed by atoms with E-state index in [1.807, 2.05) is 20.8 Å². The number of nitrogens with one attached hydrogen (secondary N) is 2. The fourth-order valence-corrected chi connectivity index (χ4v) is 6.74. The SMILES string of the molecule is Cc1ccc(S(=O)(=O)Nc2ccc3c(c2)C(=O)N([C@H](C)CO)C[C@H](C)[C@@H](CN(C)C(=O)Nc2ccc(C(F)(F)F)cc2)OCCCC[C@@H](C)O3)cc1. The molecular weight excluding hydrogens is 701 g/mol. The number of amides is 3. The van der Waals surface area contributed by atoms with E-state index in [-0.39, 0.29) is 59.3 Å². The van der Waals surface area contributed by atoms with Crippen LogP contribution < -0.4 is 14.8 Å². The molecule has 284 valence electrons. The van der Waals surface area contributed by atoms with Crippen LogP contribution in [0.25, 0.3) is 0 Å². The second-order valence-electron chi connectivity index (χ2n) is 13.3. The molecule has 1 aliphatic rings. The fraction of sp³-hybridized carbons (Fsp3) is 0.459. The first-order chi connectivity index (χ1) is 24.5. The van der Waals surface area contributed by atoms with Gasteiger partial charge in [-0.3, -0.25) is 9.52 Å². The number of anilines is 2. The number of aryl methyl sites for hydroxylation is 1. The largest absolute Gasteiger partial charge is 0.490 e. The van der Waals surface area contributed by atoms with Crippen molar-refractivity contribution in [3.63, 3.8) is 0 Å². The van der Waals surface area contributed by atoms with E-state index in [1.165, 1.54) is 53.2 Å². The summed E-state index contributed by atoms with van der Waals surface area (Å²) >= 11 is 0. The van der Waals surface area contributed by atoms with Crippen LogP contribution in [0, 0.1) is 12.8 Å². The Hall–Kier alpha value is -4.34. The van der Waals surface area contributed by atoms with E-state index in [2.05, 4.69) is 10.0 Å². The molecule has 0 spiro atoms. The predicted octanol–water partition coefficient (Wildman–Crippen LogP) is 6.77. The van der Waals surface area contributed by atoms with E-state index in [0.29, 0.717) is 19.4 Å². The third kappa shape index (κ3) is 10.8. The molecule has 11 nitrogen and oxygen atoms in total. The molecule has 0 radical (unpaired) electrons. The molecule has 4 rings (SSSR count). The number of hydrogen-bond acceptors (Lipinski definition) is 7. The summed E-state index contributed by atoms with van der Waals surface area (Å²) in [6.07, 6.45) is -3.34. The zero-order chi connectivity index (χ0) is 38.2. The summed E-state index contributed by atoms with van der Waals surface area (Å²) < 4.78 is 80.5. The number of fused-ring (bicyclic) bond motifs is 1. The predicted molar refractivity (Wildman–Crippen MR) is 192 cm³/mol. The summed E-state index contributed by atoms with van der Waals surface area (Å²) in [4.78, 5) is 30.4. The number of halogens is 3. The minimum absolute atomic E-state index is 0.0581. The lowest BCUT2D eigenvalue weighted by molar-refractivity contribution is -0.137. The summed E-state index contributed by atoms with van der Waals surface area (Å²) in [5, 5.41) is 12.8. The zero-order valence-corrected chi connectivity index (χ0v) is 30.8. The van der Waals surface area contributed by atoms with Crippen molar-refractivity contribution in [3.8, 4) is 5.75 Å². The first kappa shape index (κ1) is 40.4. The molecule has 1 aliphatic heterocycles. The Morgan fingerprint density at radius 1 is 1.04 bits per heavy atom. The smallest absolute Gasteiger partial charge is 0.416 e. The molecule has 0 unspecified atom stereocenters. The number of carbonyl (C=O) groups is 2. The molecule has 1 heterocycles. The lowest BCUT2D eigenvalue weighted by Crippen LogP contribution is -2.48. The summed E-state index contributed by atoms with van der Waals surface area (Å²) in [5.41, 5.74) is 0.506. The first-order valence-corrected chi connectivity index (χ1v) is 18.6. The molecule has 0 saturated carbocycles. The molecular formula is C37H47F3N4O7S. The molecule has 4 atom stereocenters. The minimum atomic E-state index is -4.50. The number of alkyl halides is 3. The minimum Gasteiger partial charge on any atom is -0.490 e. The van der Waals surface area contributed by atoms with Crippen molar-refractivity contribution in [3.05, 3.63) is 83.4 Å². The summed E-state index contributed by atoms with van der Waals surface area (Å²) in [6, 6.07) is 13.8. The Kier molecular flexibility index (Phi) is 13.6. The number of likely N-dealkylation sites (N-methyl/N-ethyl adjacent to an activating group) is 1. The second kappa shape index (κ2) is 17.5. The Morgan fingerprint density at radius 3 is 2.33 bits per heavy atom. The average molecular weight is 749 g/mol. The van der Waals surface area contributed by atoms with Crippen LogP contribution in [0.2, 0.25) is 0 Å². The maximum Gasteiger partial charge on any atom is 0.416 e. The van der Waals surface area contributed by atoms with Gasteiger partial charge in [-0.2, -0.15) is 13.2 Å². The molecule has 52 heavy (non-hydrogen) atoms. The highest BCUT2D eigenvalue weighted by Crippen LogP contribution is 2.31. The quantitative estimate of drug-likeness (QED) is 0.231. The van der Waals surface area contributed by atoms with Gasteiger partial charge >= 0.3 is 12.2 Å². The number of urea groups is 1. The van der Waals surface area contributed by atoms with Crippen LogP contribution in [0.1, 0.15) is 61.5 Å². The van der Waals surface area contributed by atoms with Crippen molar-refractivity contribution in [2.75, 3.05) is 43.4 Å². The number of ether oxygens (including phenoxy) is 2. The van der Waals surface area contributed by atoms with Gasteiger partial charge in [-0.05, 0) is 94.6 Å². The molecule has 0 fully saturated rings. The van der Waals surface area contributed by atoms with Crippen molar-refractivity contribution < 1.29 is 45.8 Å². The van der Waals surface area contributed by atoms with Gasteiger partial charge < -0.3 is 29.7 Å². The Bertz CT molecular complexity index is 1770. The van der Waals surface area contributed by atoms with Crippen LogP contribution >= 0.6 is 0 Å². The molecule has 3 aromatic rings. The molecule has 0 aliphatic carbocycles. The van der Waals surface area contributed by atoms with Crippen molar-refractivity contribution in [1.82, 2.24) is 9.80 Å². The standard InChI is InChI=1S/C37H47F3N4O7S/c1-24-9-16-31(17-10-24)52(48,49)42-30-15-18-33-32(20-30)35(46)44(26(3)23-45)21-25(2)34(50-19-7-6-8-27(4)51-33)22-43(5)36(47)41-29-13-11-28(12-14-29)37(38,39)40/h9-18,20,25-27,34,42,45H,6-8,19,21-23H2,1-5H3,(H,41,47)/t25-,26+,27+,34+/m0/s1. The molecule has 0 bridgehead atoms. The van der Waals surface area contributed by atoms with Gasteiger partial charge in [-0.15, -0.1) is 0 Å². The van der Waals surface area contributed by atoms with Crippen molar-refractivity contribution >= 4 is 33.3 Å². The van der Waals surface area contributed by atoms with Gasteiger partial charge in [-0.25, -0.2) is 13.2 Å². The lowest BCUT2D eigenvalue weighted by atomic mass is 10.0. The highest BCUT2D eigenvalue weighted by Gasteiger charge is 2.32. The van der Waals surface area contributed by atoms with Gasteiger partial charge in [0, 0.05) is 44.0 Å². The van der Waals surface area contributed by atoms with Gasteiger partial charge in [0.15, 0.2) is 0 Å². The van der Waals surface area contributed by atoms with Gasteiger partial charge in [0.05, 0.1) is 40.9 Å². The number of rotatable bonds is 8. The van der Waals surface area contributed by atoms with Gasteiger partial charge in [0.2, 0.25) is 0 Å². The highest BCUT2D eigenvalue weighted by molar-refractivity contribution is 7.92. The van der Waals surface area contributed by atoms with Crippen LogP contribution in [0.3, 0.4) is 0 Å². The number of sulfonamides is 1.